The standard InChI is InChI=1S/C12H10O2S/c13-11-6-2-1-5-10(11)12(14)8-9-4-3-7-15-9/h1-7,13H,8H2. The molecule has 1 aromatic heterocycles. The number of phenols is 1. The Morgan fingerprint density at radius 1 is 1.20 bits per heavy atom. The third kappa shape index (κ3) is 2.25. The molecule has 0 radical (unpaired) electrons. The van der Waals surface area contributed by atoms with E-state index in [1.165, 1.54) is 6.07 Å². The first-order valence-corrected chi connectivity index (χ1v) is 5.49. The molecule has 0 unspecified atom stereocenters. The Labute approximate surface area is 91.8 Å². The van der Waals surface area contributed by atoms with Crippen LogP contribution >= 0.6 is 11.3 Å². The molecule has 0 amide bonds. The maximum atomic E-state index is 11.8. The van der Waals surface area contributed by atoms with Crippen LogP contribution in [0.2, 0.25) is 0 Å². The first-order chi connectivity index (χ1) is 7.27. The highest BCUT2D eigenvalue weighted by atomic mass is 32.1. The molecule has 0 atom stereocenters. The van der Waals surface area contributed by atoms with Crippen LogP contribution < -0.4 is 0 Å². The van der Waals surface area contributed by atoms with E-state index in [0.717, 1.165) is 4.88 Å². The number of ketones is 1. The van der Waals surface area contributed by atoms with Crippen LogP contribution in [0, 0.1) is 0 Å². The molecule has 15 heavy (non-hydrogen) atoms. The zero-order valence-electron chi connectivity index (χ0n) is 8.01. The Morgan fingerprint density at radius 2 is 2.00 bits per heavy atom. The van der Waals surface area contributed by atoms with E-state index in [1.807, 2.05) is 17.5 Å². The Balaban J connectivity index is 2.19. The fourth-order valence-electron chi connectivity index (χ4n) is 1.38. The van der Waals surface area contributed by atoms with Crippen molar-refractivity contribution in [3.05, 3.63) is 52.2 Å². The SMILES string of the molecule is O=C(Cc1cccs1)c1ccccc1O. The van der Waals surface area contributed by atoms with Gasteiger partial charge in [0.25, 0.3) is 0 Å². The zero-order chi connectivity index (χ0) is 10.7. The average Bonchev–Trinajstić information content (AvgIpc) is 2.71. The molecular formula is C12H10O2S. The first kappa shape index (κ1) is 9.93. The van der Waals surface area contributed by atoms with Crippen molar-refractivity contribution < 1.29 is 9.90 Å². The number of thiophene rings is 1. The number of para-hydroxylation sites is 1. The van der Waals surface area contributed by atoms with E-state index in [-0.39, 0.29) is 11.5 Å². The molecule has 1 heterocycles. The van der Waals surface area contributed by atoms with Gasteiger partial charge in [-0.3, -0.25) is 4.79 Å². The van der Waals surface area contributed by atoms with Crippen molar-refractivity contribution in [2.75, 3.05) is 0 Å². The number of Topliss-reactive ketones (excluding diaryl/α,β-unsaturated/α-hetero) is 1. The van der Waals surface area contributed by atoms with Gasteiger partial charge in [-0.2, -0.15) is 0 Å². The molecule has 1 N–H and O–H groups in total. The van der Waals surface area contributed by atoms with Crippen LogP contribution in [0.3, 0.4) is 0 Å². The van der Waals surface area contributed by atoms with E-state index in [0.29, 0.717) is 12.0 Å². The van der Waals surface area contributed by atoms with Gasteiger partial charge < -0.3 is 5.11 Å². The zero-order valence-corrected chi connectivity index (χ0v) is 8.83. The quantitative estimate of drug-likeness (QED) is 0.804. The summed E-state index contributed by atoms with van der Waals surface area (Å²) in [6.45, 7) is 0. The smallest absolute Gasteiger partial charge is 0.171 e. The maximum absolute atomic E-state index is 11.8. The van der Waals surface area contributed by atoms with Gasteiger partial charge in [0, 0.05) is 11.3 Å². The van der Waals surface area contributed by atoms with E-state index in [2.05, 4.69) is 0 Å². The lowest BCUT2D eigenvalue weighted by molar-refractivity contribution is 0.0991. The summed E-state index contributed by atoms with van der Waals surface area (Å²) in [6.07, 6.45) is 0.356. The predicted molar refractivity (Wildman–Crippen MR) is 60.5 cm³/mol. The van der Waals surface area contributed by atoms with Crippen LogP contribution in [0.4, 0.5) is 0 Å². The second kappa shape index (κ2) is 4.28. The first-order valence-electron chi connectivity index (χ1n) is 4.61. The van der Waals surface area contributed by atoms with E-state index in [4.69, 9.17) is 0 Å². The predicted octanol–water partition coefficient (Wildman–Crippen LogP) is 2.88. The van der Waals surface area contributed by atoms with Crippen molar-refractivity contribution in [1.82, 2.24) is 0 Å². The van der Waals surface area contributed by atoms with Crippen molar-refractivity contribution in [2.24, 2.45) is 0 Å². The van der Waals surface area contributed by atoms with Crippen molar-refractivity contribution in [3.8, 4) is 5.75 Å². The number of benzene rings is 1. The van der Waals surface area contributed by atoms with Crippen molar-refractivity contribution >= 4 is 17.1 Å². The Morgan fingerprint density at radius 3 is 2.67 bits per heavy atom. The van der Waals surface area contributed by atoms with Gasteiger partial charge in [0.1, 0.15) is 5.75 Å². The highest BCUT2D eigenvalue weighted by Gasteiger charge is 2.11. The summed E-state index contributed by atoms with van der Waals surface area (Å²) < 4.78 is 0. The maximum Gasteiger partial charge on any atom is 0.171 e. The third-order valence-electron chi connectivity index (χ3n) is 2.12. The Bertz CT molecular complexity index is 460. The number of aromatic hydroxyl groups is 1. The van der Waals surface area contributed by atoms with Gasteiger partial charge in [-0.05, 0) is 23.6 Å². The number of hydrogen-bond acceptors (Lipinski definition) is 3. The molecule has 76 valence electrons. The fourth-order valence-corrected chi connectivity index (χ4v) is 2.08. The molecule has 0 aliphatic rings. The van der Waals surface area contributed by atoms with E-state index in [9.17, 15) is 9.90 Å². The van der Waals surface area contributed by atoms with Gasteiger partial charge in [-0.15, -0.1) is 11.3 Å². The monoisotopic (exact) mass is 218 g/mol. The molecule has 2 aromatic rings. The van der Waals surface area contributed by atoms with Gasteiger partial charge in [0.05, 0.1) is 5.56 Å². The van der Waals surface area contributed by atoms with E-state index < -0.39 is 0 Å². The van der Waals surface area contributed by atoms with Gasteiger partial charge in [-0.1, -0.05) is 18.2 Å². The van der Waals surface area contributed by atoms with Crippen LogP contribution in [-0.2, 0) is 6.42 Å². The largest absolute Gasteiger partial charge is 0.507 e. The van der Waals surface area contributed by atoms with Crippen molar-refractivity contribution in [3.63, 3.8) is 0 Å². The van der Waals surface area contributed by atoms with Crippen LogP contribution in [0.1, 0.15) is 15.2 Å². The Kier molecular flexibility index (Phi) is 2.83. The number of hydrogen-bond donors (Lipinski definition) is 1. The molecule has 0 saturated carbocycles. The Hall–Kier alpha value is -1.61. The molecule has 2 nitrogen and oxygen atoms in total. The summed E-state index contributed by atoms with van der Waals surface area (Å²) in [7, 11) is 0. The lowest BCUT2D eigenvalue weighted by atomic mass is 10.1. The normalized spacial score (nSPS) is 10.1. The van der Waals surface area contributed by atoms with Crippen LogP contribution in [-0.4, -0.2) is 10.9 Å². The van der Waals surface area contributed by atoms with Crippen LogP contribution in [0.5, 0.6) is 5.75 Å². The fraction of sp³-hybridized carbons (Fsp3) is 0.0833. The number of phenolic OH excluding ortho intramolecular Hbond substituents is 1. The lowest BCUT2D eigenvalue weighted by Crippen LogP contribution is -2.02. The molecule has 0 bridgehead atoms. The topological polar surface area (TPSA) is 37.3 Å². The van der Waals surface area contributed by atoms with E-state index in [1.54, 1.807) is 29.5 Å². The summed E-state index contributed by atoms with van der Waals surface area (Å²) >= 11 is 1.55. The minimum atomic E-state index is -0.0458. The highest BCUT2D eigenvalue weighted by Crippen LogP contribution is 2.19. The number of rotatable bonds is 3. The van der Waals surface area contributed by atoms with Crippen molar-refractivity contribution in [1.29, 1.82) is 0 Å². The minimum absolute atomic E-state index is 0.0458. The van der Waals surface area contributed by atoms with Crippen molar-refractivity contribution in [2.45, 2.75) is 6.42 Å². The third-order valence-corrected chi connectivity index (χ3v) is 3.00. The summed E-state index contributed by atoms with van der Waals surface area (Å²) in [5.41, 5.74) is 0.394. The molecule has 0 spiro atoms. The summed E-state index contributed by atoms with van der Waals surface area (Å²) in [6, 6.07) is 10.5. The summed E-state index contributed by atoms with van der Waals surface area (Å²) in [5.74, 6) is 0.00889. The average molecular weight is 218 g/mol. The van der Waals surface area contributed by atoms with Gasteiger partial charge in [-0.25, -0.2) is 0 Å². The van der Waals surface area contributed by atoms with Crippen LogP contribution in [0.15, 0.2) is 41.8 Å². The molecule has 2 rings (SSSR count). The molecule has 0 aliphatic carbocycles. The molecule has 3 heteroatoms. The molecule has 0 fully saturated rings. The highest BCUT2D eigenvalue weighted by molar-refractivity contribution is 7.10. The molecule has 0 saturated heterocycles. The van der Waals surface area contributed by atoms with E-state index >= 15 is 0 Å². The number of carbonyl (C=O) groups is 1. The lowest BCUT2D eigenvalue weighted by Gasteiger charge is -2.01. The van der Waals surface area contributed by atoms with Gasteiger partial charge in [0.2, 0.25) is 0 Å². The summed E-state index contributed by atoms with van der Waals surface area (Å²) in [4.78, 5) is 12.8. The minimum Gasteiger partial charge on any atom is -0.507 e. The second-order valence-electron chi connectivity index (χ2n) is 3.20. The van der Waals surface area contributed by atoms with Crippen LogP contribution in [0.25, 0.3) is 0 Å². The summed E-state index contributed by atoms with van der Waals surface area (Å²) in [5, 5.41) is 11.4. The second-order valence-corrected chi connectivity index (χ2v) is 4.23. The molecular weight excluding hydrogens is 208 g/mol. The number of carbonyl (C=O) groups excluding carboxylic acids is 1. The van der Waals surface area contributed by atoms with Gasteiger partial charge in [0.15, 0.2) is 5.78 Å². The van der Waals surface area contributed by atoms with Gasteiger partial charge >= 0.3 is 0 Å². The molecule has 1 aromatic carbocycles. The molecule has 0 aliphatic heterocycles.